The van der Waals surface area contributed by atoms with Crippen LogP contribution in [0.2, 0.25) is 0 Å². The van der Waals surface area contributed by atoms with Crippen LogP contribution in [0.5, 0.6) is 0 Å². The second kappa shape index (κ2) is 7.72. The van der Waals surface area contributed by atoms with Crippen LogP contribution in [0, 0.1) is 17.3 Å². The Hall–Kier alpha value is -1.51. The van der Waals surface area contributed by atoms with Crippen molar-refractivity contribution in [1.82, 2.24) is 0 Å². The van der Waals surface area contributed by atoms with Gasteiger partial charge in [0.15, 0.2) is 5.78 Å². The predicted molar refractivity (Wildman–Crippen MR) is 101 cm³/mol. The van der Waals surface area contributed by atoms with E-state index < -0.39 is 37.3 Å². The third-order valence-electron chi connectivity index (χ3n) is 6.54. The maximum atomic E-state index is 12.1. The van der Waals surface area contributed by atoms with Gasteiger partial charge in [-0.2, -0.15) is 0 Å². The van der Waals surface area contributed by atoms with Crippen LogP contribution in [-0.4, -0.2) is 63.5 Å². The Bertz CT molecular complexity index is 710. The van der Waals surface area contributed by atoms with Gasteiger partial charge in [-0.15, -0.1) is 0 Å². The van der Waals surface area contributed by atoms with Crippen LogP contribution < -0.4 is 0 Å². The quantitative estimate of drug-likeness (QED) is 0.522. The second-order valence-electron chi connectivity index (χ2n) is 8.55. The number of aliphatic hydroxyl groups is 4. The minimum absolute atomic E-state index is 0.0668. The van der Waals surface area contributed by atoms with Crippen LogP contribution in [0.15, 0.2) is 35.6 Å². The first-order chi connectivity index (χ1) is 13.1. The number of fused-ring (bicyclic) bond motifs is 1. The fourth-order valence-corrected chi connectivity index (χ4v) is 4.34. The van der Waals surface area contributed by atoms with E-state index in [-0.39, 0.29) is 23.0 Å². The molecule has 7 heteroatoms. The fraction of sp³-hybridized carbons (Fsp3) is 0.667. The van der Waals surface area contributed by atoms with Crippen molar-refractivity contribution in [3.8, 4) is 0 Å². The van der Waals surface area contributed by atoms with Crippen LogP contribution in [0.4, 0.5) is 0 Å². The zero-order chi connectivity index (χ0) is 20.8. The van der Waals surface area contributed by atoms with Crippen molar-refractivity contribution in [3.63, 3.8) is 0 Å². The summed E-state index contributed by atoms with van der Waals surface area (Å²) < 4.78 is 11.4. The summed E-state index contributed by atoms with van der Waals surface area (Å²) in [5.74, 6) is 0.580. The molecule has 0 spiro atoms. The molecule has 0 aromatic heterocycles. The number of carbonyl (C=O) groups is 1. The number of hydrogen-bond donors (Lipinski definition) is 4. The summed E-state index contributed by atoms with van der Waals surface area (Å²) in [5.41, 5.74) is 1.55. The van der Waals surface area contributed by atoms with Gasteiger partial charge in [0, 0.05) is 12.3 Å². The zero-order valence-electron chi connectivity index (χ0n) is 16.5. The summed E-state index contributed by atoms with van der Waals surface area (Å²) in [5, 5.41) is 39.6. The maximum absolute atomic E-state index is 12.1. The van der Waals surface area contributed by atoms with E-state index in [1.54, 1.807) is 12.2 Å². The van der Waals surface area contributed by atoms with E-state index >= 15 is 0 Å². The first kappa shape index (κ1) is 21.2. The Morgan fingerprint density at radius 3 is 2.57 bits per heavy atom. The second-order valence-corrected chi connectivity index (χ2v) is 8.55. The summed E-state index contributed by atoms with van der Waals surface area (Å²) in [7, 11) is 0. The van der Waals surface area contributed by atoms with Crippen LogP contribution >= 0.6 is 0 Å². The smallest absolute Gasteiger partial charge is 0.228 e. The molecule has 8 atom stereocenters. The highest BCUT2D eigenvalue weighted by Crippen LogP contribution is 2.52. The molecule has 7 nitrogen and oxygen atoms in total. The molecular weight excluding hydrogens is 364 g/mol. The van der Waals surface area contributed by atoms with Crippen molar-refractivity contribution in [3.05, 3.63) is 35.6 Å². The molecule has 1 heterocycles. The van der Waals surface area contributed by atoms with Gasteiger partial charge in [-0.3, -0.25) is 4.79 Å². The summed E-state index contributed by atoms with van der Waals surface area (Å²) in [6, 6.07) is 0. The highest BCUT2D eigenvalue weighted by molar-refractivity contribution is 5.92. The lowest BCUT2D eigenvalue weighted by molar-refractivity contribution is -0.293. The molecule has 0 aromatic carbocycles. The average molecular weight is 394 g/mol. The van der Waals surface area contributed by atoms with Crippen LogP contribution in [-0.2, 0) is 14.3 Å². The molecule has 1 aliphatic heterocycles. The molecule has 3 rings (SSSR count). The van der Waals surface area contributed by atoms with Gasteiger partial charge in [0.05, 0.1) is 6.61 Å². The maximum Gasteiger partial charge on any atom is 0.228 e. The van der Waals surface area contributed by atoms with E-state index in [4.69, 9.17) is 9.47 Å². The number of hydrogen-bond acceptors (Lipinski definition) is 7. The molecule has 0 saturated carbocycles. The van der Waals surface area contributed by atoms with Crippen molar-refractivity contribution in [2.45, 2.75) is 64.3 Å². The van der Waals surface area contributed by atoms with Gasteiger partial charge >= 0.3 is 0 Å². The van der Waals surface area contributed by atoms with Crippen molar-refractivity contribution in [1.29, 1.82) is 0 Å². The van der Waals surface area contributed by atoms with E-state index in [1.165, 1.54) is 0 Å². The Morgan fingerprint density at radius 1 is 1.29 bits per heavy atom. The number of rotatable bonds is 4. The van der Waals surface area contributed by atoms with Gasteiger partial charge in [0.2, 0.25) is 6.29 Å². The van der Waals surface area contributed by atoms with Crippen molar-refractivity contribution in [2.24, 2.45) is 17.3 Å². The molecule has 8 unspecified atom stereocenters. The normalized spacial score (nSPS) is 43.7. The fourth-order valence-electron chi connectivity index (χ4n) is 4.34. The molecule has 4 N–H and O–H groups in total. The SMILES string of the molecule is C=C(C)C1CC2(C)C(=CC(=O)CC2C)C=C1OC1OC(CO)C(O)C(O)C1O. The van der Waals surface area contributed by atoms with Gasteiger partial charge < -0.3 is 29.9 Å². The molecule has 156 valence electrons. The van der Waals surface area contributed by atoms with Crippen molar-refractivity contribution < 1.29 is 34.7 Å². The van der Waals surface area contributed by atoms with E-state index in [2.05, 4.69) is 20.4 Å². The molecule has 0 aromatic rings. The third kappa shape index (κ3) is 3.57. The van der Waals surface area contributed by atoms with Crippen LogP contribution in [0.1, 0.15) is 33.6 Å². The largest absolute Gasteiger partial charge is 0.466 e. The molecule has 28 heavy (non-hydrogen) atoms. The minimum Gasteiger partial charge on any atom is -0.466 e. The lowest BCUT2D eigenvalue weighted by Gasteiger charge is -2.47. The Balaban J connectivity index is 1.93. The highest BCUT2D eigenvalue weighted by atomic mass is 16.7. The minimum atomic E-state index is -1.51. The van der Waals surface area contributed by atoms with E-state index in [9.17, 15) is 25.2 Å². The van der Waals surface area contributed by atoms with Crippen molar-refractivity contribution in [2.75, 3.05) is 6.61 Å². The number of ether oxygens (including phenoxy) is 2. The Labute approximate surface area is 165 Å². The predicted octanol–water partition coefficient (Wildman–Crippen LogP) is 0.824. The first-order valence-corrected chi connectivity index (χ1v) is 9.67. The summed E-state index contributed by atoms with van der Waals surface area (Å²) >= 11 is 0. The van der Waals surface area contributed by atoms with Gasteiger partial charge in [-0.1, -0.05) is 26.0 Å². The molecule has 0 amide bonds. The van der Waals surface area contributed by atoms with Gasteiger partial charge in [0.1, 0.15) is 30.2 Å². The number of ketones is 1. The summed E-state index contributed by atoms with van der Waals surface area (Å²) in [6.45, 7) is 9.64. The average Bonchev–Trinajstić information content (AvgIpc) is 2.63. The number of allylic oxidation sites excluding steroid dienone is 4. The number of carbonyl (C=O) groups excluding carboxylic acids is 1. The molecular formula is C21H30O7. The zero-order valence-corrected chi connectivity index (χ0v) is 16.5. The molecule has 1 fully saturated rings. The monoisotopic (exact) mass is 394 g/mol. The third-order valence-corrected chi connectivity index (χ3v) is 6.54. The van der Waals surface area contributed by atoms with E-state index in [1.807, 2.05) is 6.92 Å². The Kier molecular flexibility index (Phi) is 5.85. The van der Waals surface area contributed by atoms with Gasteiger partial charge in [-0.05, 0) is 42.4 Å². The van der Waals surface area contributed by atoms with Crippen molar-refractivity contribution >= 4 is 5.78 Å². The molecule has 0 radical (unpaired) electrons. The van der Waals surface area contributed by atoms with Crippen LogP contribution in [0.3, 0.4) is 0 Å². The molecule has 1 saturated heterocycles. The van der Waals surface area contributed by atoms with Gasteiger partial charge in [-0.25, -0.2) is 0 Å². The Morgan fingerprint density at radius 2 is 1.96 bits per heavy atom. The molecule has 2 aliphatic carbocycles. The molecule has 0 bridgehead atoms. The lowest BCUT2D eigenvalue weighted by Crippen LogP contribution is -2.59. The molecule has 3 aliphatic rings. The van der Waals surface area contributed by atoms with Gasteiger partial charge in [0.25, 0.3) is 0 Å². The standard InChI is InChI=1S/C21H30O7/c1-10(2)14-8-21(4)11(3)5-13(23)6-12(21)7-15(14)27-20-19(26)18(25)17(24)16(9-22)28-20/h6-7,11,14,16-20,22,24-26H,1,5,8-9H2,2-4H3. The first-order valence-electron chi connectivity index (χ1n) is 9.67. The summed E-state index contributed by atoms with van der Waals surface area (Å²) in [6.07, 6.45) is -2.10. The topological polar surface area (TPSA) is 116 Å². The van der Waals surface area contributed by atoms with E-state index in [0.717, 1.165) is 11.1 Å². The van der Waals surface area contributed by atoms with Crippen LogP contribution in [0.25, 0.3) is 0 Å². The summed E-state index contributed by atoms with van der Waals surface area (Å²) in [4.78, 5) is 12.1. The lowest BCUT2D eigenvalue weighted by atomic mass is 9.59. The highest BCUT2D eigenvalue weighted by Gasteiger charge is 2.48. The van der Waals surface area contributed by atoms with E-state index in [0.29, 0.717) is 18.6 Å². The number of aliphatic hydroxyl groups excluding tert-OH is 4.